The van der Waals surface area contributed by atoms with Crippen LogP contribution in [0.5, 0.6) is 0 Å². The molecular formula is C22H21N5O2. The molecule has 0 radical (unpaired) electrons. The number of rotatable bonds is 3. The van der Waals surface area contributed by atoms with Crippen LogP contribution >= 0.6 is 0 Å². The van der Waals surface area contributed by atoms with Crippen molar-refractivity contribution in [3.63, 3.8) is 0 Å². The molecule has 0 unspecified atom stereocenters. The third-order valence-electron chi connectivity index (χ3n) is 5.67. The van der Waals surface area contributed by atoms with Crippen molar-refractivity contribution in [2.24, 2.45) is 0 Å². The lowest BCUT2D eigenvalue weighted by molar-refractivity contribution is 0.0782. The lowest BCUT2D eigenvalue weighted by Gasteiger charge is -2.17. The Morgan fingerprint density at radius 2 is 2.00 bits per heavy atom. The number of benzene rings is 1. The molecule has 0 N–H and O–H groups in total. The van der Waals surface area contributed by atoms with Crippen LogP contribution in [0.3, 0.4) is 0 Å². The number of fused-ring (bicyclic) bond motifs is 2. The number of hydrogen-bond acceptors (Lipinski definition) is 4. The lowest BCUT2D eigenvalue weighted by atomic mass is 10.2. The number of carbonyl (C=O) groups is 1. The van der Waals surface area contributed by atoms with E-state index in [-0.39, 0.29) is 17.6 Å². The highest BCUT2D eigenvalue weighted by Crippen LogP contribution is 2.25. The fourth-order valence-corrected chi connectivity index (χ4v) is 4.23. The van der Waals surface area contributed by atoms with Gasteiger partial charge in [-0.1, -0.05) is 24.3 Å². The zero-order valence-corrected chi connectivity index (χ0v) is 16.2. The molecule has 3 aromatic heterocycles. The number of imidazole rings is 1. The van der Waals surface area contributed by atoms with Gasteiger partial charge >= 0.3 is 5.69 Å². The summed E-state index contributed by atoms with van der Waals surface area (Å²) in [5, 5.41) is 1.01. The van der Waals surface area contributed by atoms with Gasteiger partial charge in [-0.15, -0.1) is 0 Å². The average molecular weight is 387 g/mol. The minimum atomic E-state index is -0.0986. The third-order valence-corrected chi connectivity index (χ3v) is 5.67. The molecule has 4 heterocycles. The highest BCUT2D eigenvalue weighted by atomic mass is 16.2. The smallest absolute Gasteiger partial charge is 0.330 e. The Kier molecular flexibility index (Phi) is 4.16. The summed E-state index contributed by atoms with van der Waals surface area (Å²) in [6, 6.07) is 15.1. The van der Waals surface area contributed by atoms with Crippen LogP contribution < -0.4 is 5.69 Å². The first kappa shape index (κ1) is 17.6. The second-order valence-electron chi connectivity index (χ2n) is 7.33. The number of para-hydroxylation sites is 1. The van der Waals surface area contributed by atoms with Gasteiger partial charge in [0.25, 0.3) is 5.91 Å². The number of aryl methyl sites for hydroxylation is 1. The highest BCUT2D eigenvalue weighted by molar-refractivity contribution is 5.95. The Labute approximate surface area is 167 Å². The van der Waals surface area contributed by atoms with E-state index in [4.69, 9.17) is 0 Å². The summed E-state index contributed by atoms with van der Waals surface area (Å²) < 4.78 is 3.48. The molecule has 1 fully saturated rings. The Hall–Kier alpha value is -3.48. The molecule has 1 amide bonds. The van der Waals surface area contributed by atoms with Gasteiger partial charge in [0.1, 0.15) is 5.69 Å². The summed E-state index contributed by atoms with van der Waals surface area (Å²) in [4.78, 5) is 36.8. The first-order valence-corrected chi connectivity index (χ1v) is 9.88. The van der Waals surface area contributed by atoms with E-state index in [2.05, 4.69) is 9.97 Å². The molecule has 0 spiro atoms. The molecule has 1 atom stereocenters. The zero-order valence-electron chi connectivity index (χ0n) is 16.2. The largest absolute Gasteiger partial charge is 0.335 e. The van der Waals surface area contributed by atoms with Gasteiger partial charge in [0.2, 0.25) is 0 Å². The van der Waals surface area contributed by atoms with Gasteiger partial charge in [0.05, 0.1) is 17.1 Å². The lowest BCUT2D eigenvalue weighted by Crippen LogP contribution is -2.32. The molecule has 4 aromatic rings. The maximum atomic E-state index is 13.0. The predicted octanol–water partition coefficient (Wildman–Crippen LogP) is 2.85. The van der Waals surface area contributed by atoms with Gasteiger partial charge < -0.3 is 4.90 Å². The monoisotopic (exact) mass is 387 g/mol. The molecular weight excluding hydrogens is 366 g/mol. The van der Waals surface area contributed by atoms with Gasteiger partial charge in [0.15, 0.2) is 5.65 Å². The van der Waals surface area contributed by atoms with Crippen LogP contribution in [0.1, 0.15) is 29.9 Å². The van der Waals surface area contributed by atoms with Crippen molar-refractivity contribution in [3.05, 3.63) is 70.9 Å². The Morgan fingerprint density at radius 3 is 2.86 bits per heavy atom. The summed E-state index contributed by atoms with van der Waals surface area (Å²) in [5.41, 5.74) is 2.69. The van der Waals surface area contributed by atoms with E-state index < -0.39 is 0 Å². The van der Waals surface area contributed by atoms with Gasteiger partial charge in [0, 0.05) is 31.2 Å². The van der Waals surface area contributed by atoms with Gasteiger partial charge in [-0.05, 0) is 37.6 Å². The summed E-state index contributed by atoms with van der Waals surface area (Å²) in [6.07, 6.45) is 2.42. The van der Waals surface area contributed by atoms with Gasteiger partial charge in [-0.2, -0.15) is 0 Å². The van der Waals surface area contributed by atoms with Gasteiger partial charge in [-0.3, -0.25) is 13.9 Å². The minimum absolute atomic E-state index is 0.0654. The normalized spacial score (nSPS) is 16.7. The fraction of sp³-hybridized carbons (Fsp3) is 0.273. The fourth-order valence-electron chi connectivity index (χ4n) is 4.23. The first-order chi connectivity index (χ1) is 14.2. The molecule has 1 aromatic carbocycles. The summed E-state index contributed by atoms with van der Waals surface area (Å²) in [7, 11) is 0. The van der Waals surface area contributed by atoms with E-state index in [1.54, 1.807) is 26.3 Å². The summed E-state index contributed by atoms with van der Waals surface area (Å²) in [6.45, 7) is 3.61. The number of carbonyl (C=O) groups excluding carboxylic acids is 1. The maximum absolute atomic E-state index is 13.0. The van der Waals surface area contributed by atoms with E-state index >= 15 is 0 Å². The quantitative estimate of drug-likeness (QED) is 0.542. The van der Waals surface area contributed by atoms with Crippen molar-refractivity contribution >= 4 is 28.0 Å². The van der Waals surface area contributed by atoms with Crippen LogP contribution in [0.4, 0.5) is 0 Å². The molecule has 1 saturated heterocycles. The molecule has 0 aliphatic carbocycles. The molecule has 7 nitrogen and oxygen atoms in total. The molecule has 0 bridgehead atoms. The summed E-state index contributed by atoms with van der Waals surface area (Å²) >= 11 is 0. The van der Waals surface area contributed by atoms with Crippen molar-refractivity contribution in [3.8, 4) is 0 Å². The van der Waals surface area contributed by atoms with E-state index in [1.807, 2.05) is 49.4 Å². The van der Waals surface area contributed by atoms with Crippen molar-refractivity contribution in [2.45, 2.75) is 25.9 Å². The molecule has 29 heavy (non-hydrogen) atoms. The molecule has 1 aliphatic heterocycles. The second kappa shape index (κ2) is 6.84. The number of pyridine rings is 2. The van der Waals surface area contributed by atoms with E-state index in [9.17, 15) is 9.59 Å². The topological polar surface area (TPSA) is 73.0 Å². The number of likely N-dealkylation sites (tertiary alicyclic amines) is 1. The van der Waals surface area contributed by atoms with E-state index in [0.29, 0.717) is 31.0 Å². The van der Waals surface area contributed by atoms with E-state index in [1.165, 1.54) is 0 Å². The van der Waals surface area contributed by atoms with Crippen LogP contribution in [0, 0.1) is 0 Å². The van der Waals surface area contributed by atoms with Crippen LogP contribution in [-0.2, 0) is 6.54 Å². The Balaban J connectivity index is 1.45. The van der Waals surface area contributed by atoms with Crippen molar-refractivity contribution in [1.82, 2.24) is 24.0 Å². The van der Waals surface area contributed by atoms with Crippen LogP contribution in [-0.4, -0.2) is 43.0 Å². The van der Waals surface area contributed by atoms with Crippen LogP contribution in [0.15, 0.2) is 59.5 Å². The molecule has 5 rings (SSSR count). The number of amides is 1. The predicted molar refractivity (Wildman–Crippen MR) is 111 cm³/mol. The molecule has 1 aliphatic rings. The third kappa shape index (κ3) is 2.81. The van der Waals surface area contributed by atoms with Crippen LogP contribution in [0.25, 0.3) is 22.1 Å². The Bertz CT molecular complexity index is 1290. The highest BCUT2D eigenvalue weighted by Gasteiger charge is 2.31. The SMILES string of the molecule is CCn1c(=O)n([C@@H]2CCN(C(=O)c3ccc4ccccc4n3)C2)c2ncccc21. The zero-order chi connectivity index (χ0) is 20.0. The molecule has 0 saturated carbocycles. The van der Waals surface area contributed by atoms with Gasteiger partial charge in [-0.25, -0.2) is 14.8 Å². The van der Waals surface area contributed by atoms with Crippen molar-refractivity contribution in [2.75, 3.05) is 13.1 Å². The summed E-state index contributed by atoms with van der Waals surface area (Å²) in [5.74, 6) is -0.0986. The number of hydrogen-bond donors (Lipinski definition) is 0. The van der Waals surface area contributed by atoms with Crippen molar-refractivity contribution in [1.29, 1.82) is 0 Å². The second-order valence-corrected chi connectivity index (χ2v) is 7.33. The van der Waals surface area contributed by atoms with E-state index in [0.717, 1.165) is 22.8 Å². The minimum Gasteiger partial charge on any atom is -0.335 e. The number of nitrogens with zero attached hydrogens (tertiary/aromatic N) is 5. The van der Waals surface area contributed by atoms with Crippen LogP contribution in [0.2, 0.25) is 0 Å². The molecule has 146 valence electrons. The maximum Gasteiger partial charge on any atom is 0.330 e. The first-order valence-electron chi connectivity index (χ1n) is 9.88. The Morgan fingerprint density at radius 1 is 1.14 bits per heavy atom. The number of aromatic nitrogens is 4. The average Bonchev–Trinajstić information content (AvgIpc) is 3.34. The van der Waals surface area contributed by atoms with Crippen molar-refractivity contribution < 1.29 is 4.79 Å². The molecule has 7 heteroatoms. The standard InChI is InChI=1S/C22H21N5O2/c1-2-26-19-8-5-12-23-20(19)27(22(26)29)16-11-13-25(14-16)21(28)18-10-9-15-6-3-4-7-17(15)24-18/h3-10,12,16H,2,11,13-14H2,1H3/t16-/m1/s1.